The van der Waals surface area contributed by atoms with Gasteiger partial charge < -0.3 is 10.2 Å². The van der Waals surface area contributed by atoms with E-state index in [0.717, 1.165) is 23.4 Å². The molecule has 0 aromatic heterocycles. The average molecular weight is 287 g/mol. The molecule has 0 radical (unpaired) electrons. The van der Waals surface area contributed by atoms with Crippen LogP contribution in [0.15, 0.2) is 42.5 Å². The maximum Gasteiger partial charge on any atom is 0.272 e. The smallest absolute Gasteiger partial charge is 0.272 e. The third kappa shape index (κ3) is 2.20. The van der Waals surface area contributed by atoms with Crippen LogP contribution in [0.1, 0.15) is 15.9 Å². The molecule has 102 valence electrons. The fourth-order valence-corrected chi connectivity index (χ4v) is 3.24. The van der Waals surface area contributed by atoms with Crippen LogP contribution >= 0.6 is 11.9 Å². The van der Waals surface area contributed by atoms with Gasteiger partial charge in [0.25, 0.3) is 5.91 Å². The van der Waals surface area contributed by atoms with E-state index in [1.165, 1.54) is 30.1 Å². The Morgan fingerprint density at radius 2 is 1.95 bits per heavy atom. The number of carbonyl (C=O) groups is 1. The second kappa shape index (κ2) is 5.09. The molecule has 0 atom stereocenters. The monoisotopic (exact) mass is 287 g/mol. The number of aromatic hydroxyl groups is 2. The van der Waals surface area contributed by atoms with Crippen molar-refractivity contribution in [3.8, 4) is 11.5 Å². The summed E-state index contributed by atoms with van der Waals surface area (Å²) in [5, 5.41) is 19.1. The summed E-state index contributed by atoms with van der Waals surface area (Å²) in [7, 11) is 0. The number of rotatable bonds is 1. The van der Waals surface area contributed by atoms with Crippen LogP contribution in [0, 0.1) is 0 Å². The molecule has 0 saturated carbocycles. The zero-order chi connectivity index (χ0) is 14.1. The van der Waals surface area contributed by atoms with Crippen LogP contribution in [0.3, 0.4) is 0 Å². The summed E-state index contributed by atoms with van der Waals surface area (Å²) in [4.78, 5) is 12.6. The predicted octanol–water partition coefficient (Wildman–Crippen LogP) is 2.95. The molecular weight excluding hydrogens is 274 g/mol. The van der Waals surface area contributed by atoms with Gasteiger partial charge in [0.1, 0.15) is 11.5 Å². The number of nitrogens with zero attached hydrogens (tertiary/aromatic N) is 1. The van der Waals surface area contributed by atoms with Gasteiger partial charge in [-0.1, -0.05) is 18.2 Å². The van der Waals surface area contributed by atoms with Gasteiger partial charge in [0.15, 0.2) is 0 Å². The van der Waals surface area contributed by atoms with Crippen LogP contribution in [0.5, 0.6) is 11.5 Å². The molecule has 1 aliphatic rings. The number of aryl methyl sites for hydroxylation is 1. The topological polar surface area (TPSA) is 60.8 Å². The number of hydrogen-bond acceptors (Lipinski definition) is 4. The SMILES string of the molecule is O=C(c1ccc(O)cc1O)N1SCCc2ccccc21. The van der Waals surface area contributed by atoms with Crippen molar-refractivity contribution >= 4 is 23.5 Å². The number of amides is 1. The Hall–Kier alpha value is -2.14. The van der Waals surface area contributed by atoms with Crippen molar-refractivity contribution in [2.45, 2.75) is 6.42 Å². The zero-order valence-electron chi connectivity index (χ0n) is 10.6. The molecule has 0 unspecified atom stereocenters. The molecule has 0 aliphatic carbocycles. The second-order valence-electron chi connectivity index (χ2n) is 4.51. The number of hydrogen-bond donors (Lipinski definition) is 2. The van der Waals surface area contributed by atoms with Crippen molar-refractivity contribution in [2.24, 2.45) is 0 Å². The minimum atomic E-state index is -0.278. The Labute approximate surface area is 120 Å². The van der Waals surface area contributed by atoms with E-state index in [1.54, 1.807) is 4.31 Å². The lowest BCUT2D eigenvalue weighted by molar-refractivity contribution is 0.100. The van der Waals surface area contributed by atoms with E-state index >= 15 is 0 Å². The molecule has 3 rings (SSSR count). The molecule has 0 bridgehead atoms. The minimum Gasteiger partial charge on any atom is -0.508 e. The molecule has 1 aliphatic heterocycles. The molecular formula is C15H13NO3S. The van der Waals surface area contributed by atoms with Crippen molar-refractivity contribution in [3.05, 3.63) is 53.6 Å². The number of phenolic OH excluding ortho intramolecular Hbond substituents is 2. The molecule has 1 amide bonds. The van der Waals surface area contributed by atoms with Crippen molar-refractivity contribution in [2.75, 3.05) is 10.1 Å². The summed E-state index contributed by atoms with van der Waals surface area (Å²) in [6.45, 7) is 0. The Balaban J connectivity index is 2.00. The van der Waals surface area contributed by atoms with Crippen LogP contribution in [-0.2, 0) is 6.42 Å². The van der Waals surface area contributed by atoms with E-state index in [1.807, 2.05) is 24.3 Å². The standard InChI is InChI=1S/C15H13NO3S/c17-11-5-6-12(14(18)9-11)15(19)16-13-4-2-1-3-10(13)7-8-20-16/h1-6,9,17-18H,7-8H2. The molecule has 20 heavy (non-hydrogen) atoms. The van der Waals surface area contributed by atoms with Gasteiger partial charge in [-0.05, 0) is 42.1 Å². The van der Waals surface area contributed by atoms with Gasteiger partial charge in [0.05, 0.1) is 11.3 Å². The minimum absolute atomic E-state index is 0.0641. The van der Waals surface area contributed by atoms with Gasteiger partial charge in [0, 0.05) is 11.8 Å². The van der Waals surface area contributed by atoms with Crippen molar-refractivity contribution in [1.29, 1.82) is 0 Å². The summed E-state index contributed by atoms with van der Waals surface area (Å²) < 4.78 is 1.60. The van der Waals surface area contributed by atoms with E-state index < -0.39 is 0 Å². The van der Waals surface area contributed by atoms with E-state index in [-0.39, 0.29) is 23.0 Å². The maximum absolute atomic E-state index is 12.6. The van der Waals surface area contributed by atoms with Gasteiger partial charge in [-0.15, -0.1) is 0 Å². The Morgan fingerprint density at radius 3 is 2.75 bits per heavy atom. The van der Waals surface area contributed by atoms with Gasteiger partial charge in [-0.25, -0.2) is 4.31 Å². The second-order valence-corrected chi connectivity index (χ2v) is 5.54. The molecule has 2 aromatic carbocycles. The first-order chi connectivity index (χ1) is 9.66. The molecule has 0 fully saturated rings. The van der Waals surface area contributed by atoms with Gasteiger partial charge in [-0.2, -0.15) is 0 Å². The Morgan fingerprint density at radius 1 is 1.15 bits per heavy atom. The van der Waals surface area contributed by atoms with Crippen molar-refractivity contribution in [3.63, 3.8) is 0 Å². The summed E-state index contributed by atoms with van der Waals surface area (Å²) in [6, 6.07) is 11.8. The molecule has 4 nitrogen and oxygen atoms in total. The first kappa shape index (κ1) is 12.9. The molecule has 0 spiro atoms. The van der Waals surface area contributed by atoms with Gasteiger partial charge in [0.2, 0.25) is 0 Å². The third-order valence-electron chi connectivity index (χ3n) is 3.20. The highest BCUT2D eigenvalue weighted by atomic mass is 32.2. The summed E-state index contributed by atoms with van der Waals surface area (Å²) in [5.74, 6) is 0.269. The molecule has 5 heteroatoms. The molecule has 2 N–H and O–H groups in total. The number of phenols is 2. The van der Waals surface area contributed by atoms with E-state index in [0.29, 0.717) is 0 Å². The lowest BCUT2D eigenvalue weighted by Crippen LogP contribution is -2.28. The number of anilines is 1. The van der Waals surface area contributed by atoms with Crippen LogP contribution in [0.25, 0.3) is 0 Å². The van der Waals surface area contributed by atoms with E-state index in [9.17, 15) is 15.0 Å². The number of carbonyl (C=O) groups excluding carboxylic acids is 1. The van der Waals surface area contributed by atoms with Crippen LogP contribution < -0.4 is 4.31 Å². The zero-order valence-corrected chi connectivity index (χ0v) is 11.4. The summed E-state index contributed by atoms with van der Waals surface area (Å²) in [5.41, 5.74) is 2.17. The van der Waals surface area contributed by atoms with Gasteiger partial charge >= 0.3 is 0 Å². The summed E-state index contributed by atoms with van der Waals surface area (Å²) >= 11 is 1.43. The van der Waals surface area contributed by atoms with Crippen LogP contribution in [0.2, 0.25) is 0 Å². The largest absolute Gasteiger partial charge is 0.508 e. The average Bonchev–Trinajstić information content (AvgIpc) is 2.46. The first-order valence-electron chi connectivity index (χ1n) is 6.24. The fourth-order valence-electron chi connectivity index (χ4n) is 2.22. The van der Waals surface area contributed by atoms with Crippen LogP contribution in [0.4, 0.5) is 5.69 Å². The highest BCUT2D eigenvalue weighted by Crippen LogP contribution is 2.35. The normalized spacial score (nSPS) is 13.9. The fraction of sp³-hybridized carbons (Fsp3) is 0.133. The van der Waals surface area contributed by atoms with Crippen molar-refractivity contribution < 1.29 is 15.0 Å². The number of benzene rings is 2. The maximum atomic E-state index is 12.6. The lowest BCUT2D eigenvalue weighted by atomic mass is 10.1. The highest BCUT2D eigenvalue weighted by molar-refractivity contribution is 8.01. The lowest BCUT2D eigenvalue weighted by Gasteiger charge is -2.28. The predicted molar refractivity (Wildman–Crippen MR) is 79.2 cm³/mol. The van der Waals surface area contributed by atoms with Crippen LogP contribution in [-0.4, -0.2) is 21.9 Å². The Kier molecular flexibility index (Phi) is 3.28. The van der Waals surface area contributed by atoms with Crippen molar-refractivity contribution in [1.82, 2.24) is 0 Å². The third-order valence-corrected chi connectivity index (χ3v) is 4.21. The first-order valence-corrected chi connectivity index (χ1v) is 7.18. The molecule has 0 saturated heterocycles. The molecule has 2 aromatic rings. The molecule has 1 heterocycles. The summed E-state index contributed by atoms with van der Waals surface area (Å²) in [6.07, 6.45) is 0.923. The Bertz CT molecular complexity index is 672. The van der Waals surface area contributed by atoms with E-state index in [2.05, 4.69) is 0 Å². The van der Waals surface area contributed by atoms with E-state index in [4.69, 9.17) is 0 Å². The highest BCUT2D eigenvalue weighted by Gasteiger charge is 2.26. The number of fused-ring (bicyclic) bond motifs is 1. The quantitative estimate of drug-likeness (QED) is 0.792. The van der Waals surface area contributed by atoms with Gasteiger partial charge in [-0.3, -0.25) is 4.79 Å². The number of para-hydroxylation sites is 1.